The molecule has 1 atom stereocenters. The van der Waals surface area contributed by atoms with Crippen molar-refractivity contribution in [3.05, 3.63) is 64.1 Å². The molecular formula is C25H34BrN3O4S. The Bertz CT molecular complexity index is 1100. The van der Waals surface area contributed by atoms with Crippen LogP contribution in [0.4, 0.5) is 5.69 Å². The minimum absolute atomic E-state index is 0.196. The third-order valence-electron chi connectivity index (χ3n) is 5.31. The number of nitrogens with one attached hydrogen (secondary N) is 1. The first kappa shape index (κ1) is 27.9. The molecule has 0 unspecified atom stereocenters. The van der Waals surface area contributed by atoms with Gasteiger partial charge in [-0.2, -0.15) is 0 Å². The molecule has 0 fully saturated rings. The summed E-state index contributed by atoms with van der Waals surface area (Å²) in [4.78, 5) is 28.2. The Hall–Kier alpha value is -2.39. The van der Waals surface area contributed by atoms with Gasteiger partial charge in [0.1, 0.15) is 12.6 Å². The van der Waals surface area contributed by atoms with Gasteiger partial charge >= 0.3 is 0 Å². The fraction of sp³-hybridized carbons (Fsp3) is 0.440. The molecule has 1 N–H and O–H groups in total. The van der Waals surface area contributed by atoms with Gasteiger partial charge in [0, 0.05) is 17.6 Å². The lowest BCUT2D eigenvalue weighted by atomic mass is 10.1. The zero-order chi connectivity index (χ0) is 25.5. The molecule has 7 nitrogen and oxygen atoms in total. The second-order valence-corrected chi connectivity index (χ2v) is 11.6. The molecule has 0 aliphatic rings. The third kappa shape index (κ3) is 7.84. The number of halogens is 1. The van der Waals surface area contributed by atoms with E-state index in [0.717, 1.165) is 21.7 Å². The maximum atomic E-state index is 13.6. The number of amides is 2. The van der Waals surface area contributed by atoms with Crippen molar-refractivity contribution in [2.24, 2.45) is 5.92 Å². The highest BCUT2D eigenvalue weighted by Crippen LogP contribution is 2.28. The Morgan fingerprint density at radius 1 is 1.09 bits per heavy atom. The van der Waals surface area contributed by atoms with E-state index in [1.807, 2.05) is 52.0 Å². The van der Waals surface area contributed by atoms with E-state index in [1.54, 1.807) is 24.3 Å². The number of benzene rings is 2. The fourth-order valence-corrected chi connectivity index (χ4v) is 5.08. The second kappa shape index (κ2) is 12.4. The van der Waals surface area contributed by atoms with Crippen LogP contribution < -0.4 is 9.62 Å². The molecule has 2 amide bonds. The van der Waals surface area contributed by atoms with Gasteiger partial charge < -0.3 is 10.2 Å². The lowest BCUT2D eigenvalue weighted by molar-refractivity contribution is -0.140. The lowest BCUT2D eigenvalue weighted by Crippen LogP contribution is -2.52. The van der Waals surface area contributed by atoms with Gasteiger partial charge in [0.2, 0.25) is 21.8 Å². The summed E-state index contributed by atoms with van der Waals surface area (Å²) in [5.74, 6) is -0.434. The second-order valence-electron chi connectivity index (χ2n) is 8.79. The highest BCUT2D eigenvalue weighted by Gasteiger charge is 2.32. The van der Waals surface area contributed by atoms with Crippen LogP contribution in [0.1, 0.15) is 38.3 Å². The Morgan fingerprint density at radius 2 is 1.76 bits per heavy atom. The Balaban J connectivity index is 2.43. The van der Waals surface area contributed by atoms with Crippen molar-refractivity contribution in [3.8, 4) is 0 Å². The fourth-order valence-electron chi connectivity index (χ4n) is 3.60. The first-order valence-corrected chi connectivity index (χ1v) is 13.9. The van der Waals surface area contributed by atoms with Crippen LogP contribution >= 0.6 is 15.9 Å². The van der Waals surface area contributed by atoms with Gasteiger partial charge in [0.25, 0.3) is 0 Å². The minimum Gasteiger partial charge on any atom is -0.354 e. The average Bonchev–Trinajstić information content (AvgIpc) is 2.75. The first-order valence-electron chi connectivity index (χ1n) is 11.3. The van der Waals surface area contributed by atoms with E-state index in [0.29, 0.717) is 23.1 Å². The predicted octanol–water partition coefficient (Wildman–Crippen LogP) is 4.10. The van der Waals surface area contributed by atoms with Gasteiger partial charge in [-0.25, -0.2) is 8.42 Å². The van der Waals surface area contributed by atoms with Gasteiger partial charge in [0.15, 0.2) is 0 Å². The molecule has 0 aromatic heterocycles. The molecule has 2 aromatic rings. The number of aryl methyl sites for hydroxylation is 1. The normalized spacial score (nSPS) is 12.3. The summed E-state index contributed by atoms with van der Waals surface area (Å²) in [6.45, 7) is 8.08. The molecule has 34 heavy (non-hydrogen) atoms. The molecule has 2 aromatic carbocycles. The van der Waals surface area contributed by atoms with Crippen molar-refractivity contribution in [2.45, 2.75) is 46.7 Å². The van der Waals surface area contributed by atoms with Gasteiger partial charge in [0.05, 0.1) is 11.9 Å². The van der Waals surface area contributed by atoms with Crippen molar-refractivity contribution in [1.29, 1.82) is 0 Å². The third-order valence-corrected chi connectivity index (χ3v) is 7.10. The molecule has 0 saturated carbocycles. The van der Waals surface area contributed by atoms with Crippen LogP contribution in [-0.4, -0.2) is 50.5 Å². The maximum absolute atomic E-state index is 13.6. The van der Waals surface area contributed by atoms with Crippen molar-refractivity contribution < 1.29 is 18.0 Å². The van der Waals surface area contributed by atoms with E-state index in [1.165, 1.54) is 4.90 Å². The molecule has 0 radical (unpaired) electrons. The molecule has 0 aliphatic heterocycles. The number of nitrogens with zero attached hydrogens (tertiary/aromatic N) is 2. The lowest BCUT2D eigenvalue weighted by Gasteiger charge is -2.33. The molecule has 2 rings (SSSR count). The summed E-state index contributed by atoms with van der Waals surface area (Å²) in [7, 11) is -3.77. The van der Waals surface area contributed by atoms with Crippen molar-refractivity contribution in [1.82, 2.24) is 10.2 Å². The molecule has 0 aliphatic carbocycles. The standard InChI is InChI=1S/C25H34BrN3O4S/c1-6-22(25(31)27-15-18(2)3)28(16-20-11-9-10-19(4)14-20)24(30)17-29(34(5,32)33)23-13-8-7-12-21(23)26/h7-14,18,22H,6,15-17H2,1-5H3,(H,27,31)/t22-/m1/s1. The van der Waals surface area contributed by atoms with Crippen molar-refractivity contribution in [3.63, 3.8) is 0 Å². The quantitative estimate of drug-likeness (QED) is 0.455. The van der Waals surface area contributed by atoms with Gasteiger partial charge in [-0.1, -0.05) is 62.7 Å². The maximum Gasteiger partial charge on any atom is 0.244 e. The van der Waals surface area contributed by atoms with Crippen molar-refractivity contribution >= 4 is 43.5 Å². The zero-order valence-corrected chi connectivity index (χ0v) is 22.8. The van der Waals surface area contributed by atoms with Crippen LogP contribution in [0.3, 0.4) is 0 Å². The average molecular weight is 553 g/mol. The van der Waals surface area contributed by atoms with E-state index in [-0.39, 0.29) is 18.4 Å². The number of hydrogen-bond donors (Lipinski definition) is 1. The van der Waals surface area contributed by atoms with Crippen LogP contribution in [0.5, 0.6) is 0 Å². The summed E-state index contributed by atoms with van der Waals surface area (Å²) in [6.07, 6.45) is 1.46. The van der Waals surface area contributed by atoms with Crippen molar-refractivity contribution in [2.75, 3.05) is 23.7 Å². The number of sulfonamides is 1. The van der Waals surface area contributed by atoms with Crippen LogP contribution in [-0.2, 0) is 26.2 Å². The number of anilines is 1. The smallest absolute Gasteiger partial charge is 0.244 e. The molecule has 0 saturated heterocycles. The topological polar surface area (TPSA) is 86.8 Å². The number of rotatable bonds is 11. The van der Waals surface area contributed by atoms with E-state index in [2.05, 4.69) is 21.2 Å². The Kier molecular flexibility index (Phi) is 10.1. The summed E-state index contributed by atoms with van der Waals surface area (Å²) in [5.41, 5.74) is 2.27. The molecule has 0 spiro atoms. The summed E-state index contributed by atoms with van der Waals surface area (Å²) in [6, 6.07) is 13.8. The molecule has 9 heteroatoms. The van der Waals surface area contributed by atoms with E-state index < -0.39 is 28.5 Å². The SMILES string of the molecule is CC[C@H](C(=O)NCC(C)C)N(Cc1cccc(C)c1)C(=O)CN(c1ccccc1Br)S(C)(=O)=O. The van der Waals surface area contributed by atoms with E-state index in [9.17, 15) is 18.0 Å². The predicted molar refractivity (Wildman–Crippen MR) is 140 cm³/mol. The van der Waals surface area contributed by atoms with E-state index in [4.69, 9.17) is 0 Å². The Morgan fingerprint density at radius 3 is 2.32 bits per heavy atom. The van der Waals surface area contributed by atoms with Gasteiger partial charge in [-0.3, -0.25) is 13.9 Å². The number of carbonyl (C=O) groups excluding carboxylic acids is 2. The first-order chi connectivity index (χ1) is 15.9. The molecular weight excluding hydrogens is 518 g/mol. The highest BCUT2D eigenvalue weighted by molar-refractivity contribution is 9.10. The van der Waals surface area contributed by atoms with Crippen LogP contribution in [0.2, 0.25) is 0 Å². The summed E-state index contributed by atoms with van der Waals surface area (Å²) < 4.78 is 26.9. The van der Waals surface area contributed by atoms with Gasteiger partial charge in [-0.05, 0) is 52.9 Å². The largest absolute Gasteiger partial charge is 0.354 e. The number of para-hydroxylation sites is 1. The monoisotopic (exact) mass is 551 g/mol. The highest BCUT2D eigenvalue weighted by atomic mass is 79.9. The summed E-state index contributed by atoms with van der Waals surface area (Å²) in [5, 5.41) is 2.92. The number of hydrogen-bond acceptors (Lipinski definition) is 4. The zero-order valence-electron chi connectivity index (χ0n) is 20.4. The molecule has 186 valence electrons. The van der Waals surface area contributed by atoms with Crippen LogP contribution in [0.25, 0.3) is 0 Å². The molecule has 0 heterocycles. The number of carbonyl (C=O) groups is 2. The van der Waals surface area contributed by atoms with Crippen LogP contribution in [0, 0.1) is 12.8 Å². The minimum atomic E-state index is -3.77. The molecule has 0 bridgehead atoms. The van der Waals surface area contributed by atoms with E-state index >= 15 is 0 Å². The van der Waals surface area contributed by atoms with Gasteiger partial charge in [-0.15, -0.1) is 0 Å². The Labute approximate surface area is 211 Å². The summed E-state index contributed by atoms with van der Waals surface area (Å²) >= 11 is 3.38. The van der Waals surface area contributed by atoms with Crippen LogP contribution in [0.15, 0.2) is 53.0 Å².